The van der Waals surface area contributed by atoms with Crippen molar-refractivity contribution in [3.8, 4) is 0 Å². The summed E-state index contributed by atoms with van der Waals surface area (Å²) in [6.07, 6.45) is 0. The van der Waals surface area contributed by atoms with Crippen molar-refractivity contribution < 1.29 is 9.53 Å². The number of rotatable bonds is 8. The van der Waals surface area contributed by atoms with Crippen molar-refractivity contribution in [1.29, 1.82) is 0 Å². The van der Waals surface area contributed by atoms with Gasteiger partial charge in [-0.3, -0.25) is 4.79 Å². The van der Waals surface area contributed by atoms with Crippen molar-refractivity contribution in [2.75, 3.05) is 25.6 Å². The number of para-hydroxylation sites is 1. The van der Waals surface area contributed by atoms with Crippen molar-refractivity contribution in [3.05, 3.63) is 29.8 Å². The average molecular weight is 279 g/mol. The van der Waals surface area contributed by atoms with Gasteiger partial charge >= 0.3 is 0 Å². The molecule has 1 aromatic rings. The van der Waals surface area contributed by atoms with E-state index in [0.29, 0.717) is 13.2 Å². The first-order valence-electron chi connectivity index (χ1n) is 6.90. The number of amides is 1. The second-order valence-corrected chi connectivity index (χ2v) is 5.06. The topological polar surface area (TPSA) is 76.4 Å². The highest BCUT2D eigenvalue weighted by molar-refractivity contribution is 5.81. The summed E-state index contributed by atoms with van der Waals surface area (Å²) >= 11 is 0. The molecule has 0 aliphatic rings. The van der Waals surface area contributed by atoms with Crippen LogP contribution in [0.15, 0.2) is 24.3 Å². The zero-order chi connectivity index (χ0) is 15.0. The fourth-order valence-electron chi connectivity index (χ4n) is 1.74. The van der Waals surface area contributed by atoms with Gasteiger partial charge in [-0.25, -0.2) is 0 Å². The first kappa shape index (κ1) is 16.5. The highest BCUT2D eigenvalue weighted by Gasteiger charge is 2.16. The van der Waals surface area contributed by atoms with Gasteiger partial charge in [0.15, 0.2) is 0 Å². The second kappa shape index (κ2) is 8.55. The molecule has 5 nitrogen and oxygen atoms in total. The number of carbonyl (C=O) groups excluding carboxylic acids is 1. The second-order valence-electron chi connectivity index (χ2n) is 5.06. The van der Waals surface area contributed by atoms with Crippen LogP contribution in [0.3, 0.4) is 0 Å². The first-order chi connectivity index (χ1) is 9.56. The minimum atomic E-state index is -0.469. The molecule has 1 rings (SSSR count). The minimum absolute atomic E-state index is 0.119. The van der Waals surface area contributed by atoms with E-state index in [1.807, 2.05) is 38.1 Å². The maximum absolute atomic E-state index is 11.9. The summed E-state index contributed by atoms with van der Waals surface area (Å²) in [4.78, 5) is 11.9. The quantitative estimate of drug-likeness (QED) is 0.628. The Balaban J connectivity index is 2.56. The fourth-order valence-corrected chi connectivity index (χ4v) is 1.74. The summed E-state index contributed by atoms with van der Waals surface area (Å²) in [7, 11) is 1.67. The maximum Gasteiger partial charge on any atom is 0.237 e. The van der Waals surface area contributed by atoms with Gasteiger partial charge in [0.2, 0.25) is 5.91 Å². The first-order valence-corrected chi connectivity index (χ1v) is 6.90. The number of hydrogen-bond donors (Lipinski definition) is 3. The SMILES string of the molecule is COCCNc1ccccc1CNC(=O)[C@@H](N)C(C)C. The lowest BCUT2D eigenvalue weighted by Gasteiger charge is -2.17. The Hall–Kier alpha value is -1.59. The smallest absolute Gasteiger partial charge is 0.237 e. The summed E-state index contributed by atoms with van der Waals surface area (Å²) in [6.45, 7) is 5.70. The number of carbonyl (C=O) groups is 1. The van der Waals surface area contributed by atoms with E-state index in [4.69, 9.17) is 10.5 Å². The van der Waals surface area contributed by atoms with E-state index in [1.165, 1.54) is 0 Å². The third kappa shape index (κ3) is 5.19. The van der Waals surface area contributed by atoms with Crippen molar-refractivity contribution in [2.45, 2.75) is 26.4 Å². The van der Waals surface area contributed by atoms with Crippen LogP contribution in [-0.4, -0.2) is 32.2 Å². The minimum Gasteiger partial charge on any atom is -0.383 e. The maximum atomic E-state index is 11.9. The number of methoxy groups -OCH3 is 1. The number of nitrogens with one attached hydrogen (secondary N) is 2. The number of benzene rings is 1. The lowest BCUT2D eigenvalue weighted by molar-refractivity contribution is -0.123. The van der Waals surface area contributed by atoms with Crippen LogP contribution >= 0.6 is 0 Å². The van der Waals surface area contributed by atoms with Crippen LogP contribution in [0.2, 0.25) is 0 Å². The molecule has 0 radical (unpaired) electrons. The summed E-state index contributed by atoms with van der Waals surface area (Å²) in [6, 6.07) is 7.41. The van der Waals surface area contributed by atoms with Gasteiger partial charge < -0.3 is 21.1 Å². The third-order valence-electron chi connectivity index (χ3n) is 3.11. The number of ether oxygens (including phenoxy) is 1. The van der Waals surface area contributed by atoms with Crippen molar-refractivity contribution in [2.24, 2.45) is 11.7 Å². The van der Waals surface area contributed by atoms with Gasteiger partial charge in [-0.2, -0.15) is 0 Å². The Morgan fingerprint density at radius 3 is 2.70 bits per heavy atom. The highest BCUT2D eigenvalue weighted by atomic mass is 16.5. The normalized spacial score (nSPS) is 12.2. The van der Waals surface area contributed by atoms with E-state index in [-0.39, 0.29) is 11.8 Å². The highest BCUT2D eigenvalue weighted by Crippen LogP contribution is 2.14. The van der Waals surface area contributed by atoms with Gasteiger partial charge in [-0.1, -0.05) is 32.0 Å². The van der Waals surface area contributed by atoms with Crippen LogP contribution in [0, 0.1) is 5.92 Å². The molecule has 0 bridgehead atoms. The Morgan fingerprint density at radius 1 is 1.35 bits per heavy atom. The Morgan fingerprint density at radius 2 is 2.05 bits per heavy atom. The Kier molecular flexibility index (Phi) is 7.04. The van der Waals surface area contributed by atoms with Gasteiger partial charge in [-0.05, 0) is 17.5 Å². The van der Waals surface area contributed by atoms with E-state index in [2.05, 4.69) is 10.6 Å². The van der Waals surface area contributed by atoms with Crippen LogP contribution in [0.1, 0.15) is 19.4 Å². The number of nitrogens with two attached hydrogens (primary N) is 1. The molecule has 1 amide bonds. The van der Waals surface area contributed by atoms with Gasteiger partial charge in [0, 0.05) is 25.9 Å². The molecule has 0 spiro atoms. The predicted molar refractivity (Wildman–Crippen MR) is 81.5 cm³/mol. The van der Waals surface area contributed by atoms with E-state index < -0.39 is 6.04 Å². The molecule has 0 saturated carbocycles. The molecule has 0 aromatic heterocycles. The van der Waals surface area contributed by atoms with Gasteiger partial charge in [0.25, 0.3) is 0 Å². The largest absolute Gasteiger partial charge is 0.383 e. The Labute approximate surface area is 120 Å². The molecule has 4 N–H and O–H groups in total. The lowest BCUT2D eigenvalue weighted by atomic mass is 10.0. The van der Waals surface area contributed by atoms with Crippen molar-refractivity contribution in [1.82, 2.24) is 5.32 Å². The molecule has 0 saturated heterocycles. The fraction of sp³-hybridized carbons (Fsp3) is 0.533. The zero-order valence-corrected chi connectivity index (χ0v) is 12.5. The molecular weight excluding hydrogens is 254 g/mol. The van der Waals surface area contributed by atoms with Crippen LogP contribution in [0.4, 0.5) is 5.69 Å². The van der Waals surface area contributed by atoms with E-state index in [1.54, 1.807) is 7.11 Å². The van der Waals surface area contributed by atoms with E-state index >= 15 is 0 Å². The number of anilines is 1. The van der Waals surface area contributed by atoms with Gasteiger partial charge in [0.05, 0.1) is 12.6 Å². The molecule has 0 aliphatic heterocycles. The van der Waals surface area contributed by atoms with Crippen LogP contribution < -0.4 is 16.4 Å². The molecule has 0 heterocycles. The Bertz CT molecular complexity index is 421. The van der Waals surface area contributed by atoms with Crippen LogP contribution in [-0.2, 0) is 16.1 Å². The number of hydrogen-bond acceptors (Lipinski definition) is 4. The average Bonchev–Trinajstić information content (AvgIpc) is 2.45. The van der Waals surface area contributed by atoms with Crippen LogP contribution in [0.25, 0.3) is 0 Å². The molecule has 20 heavy (non-hydrogen) atoms. The lowest BCUT2D eigenvalue weighted by Crippen LogP contribution is -2.43. The molecule has 112 valence electrons. The molecule has 1 aromatic carbocycles. The molecule has 0 unspecified atom stereocenters. The molecule has 0 fully saturated rings. The molecule has 1 atom stereocenters. The zero-order valence-electron chi connectivity index (χ0n) is 12.5. The standard InChI is InChI=1S/C15H25N3O2/c1-11(2)14(16)15(19)18-10-12-6-4-5-7-13(12)17-8-9-20-3/h4-7,11,14,17H,8-10,16H2,1-3H3,(H,18,19)/t14-/m0/s1. The molecule has 0 aliphatic carbocycles. The third-order valence-corrected chi connectivity index (χ3v) is 3.11. The summed E-state index contributed by atoms with van der Waals surface area (Å²) in [5, 5.41) is 6.16. The summed E-state index contributed by atoms with van der Waals surface area (Å²) in [5.74, 6) is 0.0109. The predicted octanol–water partition coefficient (Wildman–Crippen LogP) is 1.34. The van der Waals surface area contributed by atoms with E-state index in [9.17, 15) is 4.79 Å². The van der Waals surface area contributed by atoms with Gasteiger partial charge in [0.1, 0.15) is 0 Å². The molecular formula is C15H25N3O2. The summed E-state index contributed by atoms with van der Waals surface area (Å²) in [5.41, 5.74) is 7.85. The van der Waals surface area contributed by atoms with Crippen molar-refractivity contribution >= 4 is 11.6 Å². The summed E-state index contributed by atoms with van der Waals surface area (Å²) < 4.78 is 5.01. The van der Waals surface area contributed by atoms with Gasteiger partial charge in [-0.15, -0.1) is 0 Å². The van der Waals surface area contributed by atoms with Crippen LogP contribution in [0.5, 0.6) is 0 Å². The van der Waals surface area contributed by atoms with E-state index in [0.717, 1.165) is 17.8 Å². The monoisotopic (exact) mass is 279 g/mol. The van der Waals surface area contributed by atoms with Crippen molar-refractivity contribution in [3.63, 3.8) is 0 Å². The molecule has 5 heteroatoms.